The lowest BCUT2D eigenvalue weighted by molar-refractivity contribution is -0.130. The van der Waals surface area contributed by atoms with Crippen molar-refractivity contribution >= 4 is 5.91 Å². The monoisotopic (exact) mass is 443 g/mol. The Hall–Kier alpha value is -3.49. The summed E-state index contributed by atoms with van der Waals surface area (Å²) in [6, 6.07) is 8.08. The molecule has 168 valence electrons. The second-order valence-electron chi connectivity index (χ2n) is 7.52. The molecule has 7 nitrogen and oxygen atoms in total. The number of ether oxygens (including phenoxy) is 2. The summed E-state index contributed by atoms with van der Waals surface area (Å²) >= 11 is 0. The third-order valence-electron chi connectivity index (χ3n) is 5.21. The van der Waals surface area contributed by atoms with Crippen LogP contribution in [0.25, 0.3) is 11.4 Å². The number of aromatic nitrogens is 2. The Balaban J connectivity index is 1.56. The first-order chi connectivity index (χ1) is 15.5. The molecule has 1 saturated heterocycles. The number of halogens is 2. The van der Waals surface area contributed by atoms with Gasteiger partial charge in [0.15, 0.2) is 11.5 Å². The lowest BCUT2D eigenvalue weighted by atomic mass is 10.1. The second kappa shape index (κ2) is 9.33. The molecule has 1 unspecified atom stereocenters. The van der Waals surface area contributed by atoms with Crippen molar-refractivity contribution in [2.75, 3.05) is 13.7 Å². The fourth-order valence-corrected chi connectivity index (χ4v) is 3.71. The number of hydrogen-bond donors (Lipinski definition) is 0. The zero-order valence-corrected chi connectivity index (χ0v) is 17.8. The first-order valence-corrected chi connectivity index (χ1v) is 10.4. The van der Waals surface area contributed by atoms with Gasteiger partial charge in [-0.1, -0.05) is 12.1 Å². The number of carbonyl (C=O) groups excluding carboxylic acids is 1. The maximum atomic E-state index is 13.6. The molecular weight excluding hydrogens is 420 g/mol. The van der Waals surface area contributed by atoms with E-state index in [0.717, 1.165) is 12.5 Å². The minimum atomic E-state index is -0.691. The van der Waals surface area contributed by atoms with Crippen molar-refractivity contribution in [1.82, 2.24) is 15.0 Å². The number of carbonyl (C=O) groups is 1. The summed E-state index contributed by atoms with van der Waals surface area (Å²) < 4.78 is 43.7. The Kier molecular flexibility index (Phi) is 6.34. The topological polar surface area (TPSA) is 77.7 Å². The number of amides is 1. The molecule has 0 spiro atoms. The summed E-state index contributed by atoms with van der Waals surface area (Å²) in [6.07, 6.45) is 1.64. The highest BCUT2D eigenvalue weighted by Gasteiger charge is 2.36. The minimum absolute atomic E-state index is 0.0488. The number of hydrogen-bond acceptors (Lipinski definition) is 6. The third-order valence-corrected chi connectivity index (χ3v) is 5.21. The molecule has 1 amide bonds. The summed E-state index contributed by atoms with van der Waals surface area (Å²) in [7, 11) is 1.55. The van der Waals surface area contributed by atoms with Crippen LogP contribution in [0.2, 0.25) is 0 Å². The van der Waals surface area contributed by atoms with Crippen LogP contribution in [-0.4, -0.2) is 34.7 Å². The number of likely N-dealkylation sites (tertiary alicyclic amines) is 1. The van der Waals surface area contributed by atoms with E-state index in [2.05, 4.69) is 10.1 Å². The van der Waals surface area contributed by atoms with Crippen molar-refractivity contribution in [2.24, 2.45) is 0 Å². The zero-order valence-electron chi connectivity index (χ0n) is 17.8. The molecule has 32 heavy (non-hydrogen) atoms. The van der Waals surface area contributed by atoms with Gasteiger partial charge in [-0.15, -0.1) is 0 Å². The molecule has 1 aliphatic rings. The van der Waals surface area contributed by atoms with E-state index in [1.165, 1.54) is 17.0 Å². The van der Waals surface area contributed by atoms with Gasteiger partial charge in [-0.25, -0.2) is 8.78 Å². The van der Waals surface area contributed by atoms with Crippen molar-refractivity contribution in [3.8, 4) is 22.9 Å². The summed E-state index contributed by atoms with van der Waals surface area (Å²) in [5.41, 5.74) is 1.03. The summed E-state index contributed by atoms with van der Waals surface area (Å²) in [5.74, 6) is 0.264. The van der Waals surface area contributed by atoms with Gasteiger partial charge in [0.1, 0.15) is 17.7 Å². The molecule has 0 bridgehead atoms. The second-order valence-corrected chi connectivity index (χ2v) is 7.52. The third kappa shape index (κ3) is 4.56. The van der Waals surface area contributed by atoms with Crippen LogP contribution in [-0.2, 0) is 11.3 Å². The van der Waals surface area contributed by atoms with Crippen LogP contribution in [0.1, 0.15) is 43.7 Å². The minimum Gasteiger partial charge on any atom is -0.493 e. The van der Waals surface area contributed by atoms with Gasteiger partial charge in [0, 0.05) is 24.6 Å². The molecule has 1 fully saturated rings. The van der Waals surface area contributed by atoms with Gasteiger partial charge in [0.2, 0.25) is 17.6 Å². The SMILES string of the molecule is CCCOc1ccc(-c2noc(C3CCC(=O)N3Cc3cc(F)cc(F)c3)n2)cc1OC. The van der Waals surface area contributed by atoms with Crippen LogP contribution in [0, 0.1) is 11.6 Å². The number of nitrogens with zero attached hydrogens (tertiary/aromatic N) is 3. The molecule has 9 heteroatoms. The average molecular weight is 443 g/mol. The van der Waals surface area contributed by atoms with Gasteiger partial charge in [-0.3, -0.25) is 4.79 Å². The van der Waals surface area contributed by atoms with E-state index in [9.17, 15) is 13.6 Å². The fraction of sp³-hybridized carbons (Fsp3) is 0.348. The van der Waals surface area contributed by atoms with Gasteiger partial charge in [-0.05, 0) is 48.7 Å². The van der Waals surface area contributed by atoms with Crippen LogP contribution in [0.3, 0.4) is 0 Å². The highest BCUT2D eigenvalue weighted by Crippen LogP contribution is 2.36. The molecule has 1 aromatic heterocycles. The first-order valence-electron chi connectivity index (χ1n) is 10.4. The molecule has 2 aromatic carbocycles. The molecule has 0 radical (unpaired) electrons. The van der Waals surface area contributed by atoms with Gasteiger partial charge >= 0.3 is 0 Å². The maximum absolute atomic E-state index is 13.6. The Bertz CT molecular complexity index is 1100. The van der Waals surface area contributed by atoms with E-state index in [0.29, 0.717) is 41.5 Å². The highest BCUT2D eigenvalue weighted by atomic mass is 19.1. The molecule has 1 aliphatic heterocycles. The quantitative estimate of drug-likeness (QED) is 0.503. The smallest absolute Gasteiger partial charge is 0.249 e. The van der Waals surface area contributed by atoms with Crippen LogP contribution in [0.5, 0.6) is 11.5 Å². The van der Waals surface area contributed by atoms with Crippen molar-refractivity contribution in [3.63, 3.8) is 0 Å². The van der Waals surface area contributed by atoms with Crippen molar-refractivity contribution in [2.45, 2.75) is 38.8 Å². The Morgan fingerprint density at radius 3 is 2.66 bits per heavy atom. The number of rotatable bonds is 8. The predicted octanol–water partition coefficient (Wildman–Crippen LogP) is 4.68. The van der Waals surface area contributed by atoms with E-state index in [-0.39, 0.29) is 24.8 Å². The molecule has 0 saturated carbocycles. The number of benzene rings is 2. The Labute approximate surface area is 183 Å². The van der Waals surface area contributed by atoms with Crippen LogP contribution < -0.4 is 9.47 Å². The molecule has 1 atom stereocenters. The van der Waals surface area contributed by atoms with Crippen LogP contribution >= 0.6 is 0 Å². The van der Waals surface area contributed by atoms with Gasteiger partial charge < -0.3 is 18.9 Å². The average Bonchev–Trinajstić information content (AvgIpc) is 3.39. The molecule has 3 aromatic rings. The summed E-state index contributed by atoms with van der Waals surface area (Å²) in [4.78, 5) is 18.4. The number of methoxy groups -OCH3 is 1. The first kappa shape index (κ1) is 21.7. The van der Waals surface area contributed by atoms with E-state index < -0.39 is 17.7 Å². The Morgan fingerprint density at radius 2 is 1.94 bits per heavy atom. The van der Waals surface area contributed by atoms with Crippen LogP contribution in [0.15, 0.2) is 40.9 Å². The molecular formula is C23H23F2N3O4. The van der Waals surface area contributed by atoms with Crippen molar-refractivity contribution in [3.05, 3.63) is 59.5 Å². The van der Waals surface area contributed by atoms with Gasteiger partial charge in [0.25, 0.3) is 0 Å². The lowest BCUT2D eigenvalue weighted by Gasteiger charge is -2.22. The maximum Gasteiger partial charge on any atom is 0.249 e. The van der Waals surface area contributed by atoms with E-state index in [4.69, 9.17) is 14.0 Å². The van der Waals surface area contributed by atoms with Crippen molar-refractivity contribution < 1.29 is 27.6 Å². The molecule has 2 heterocycles. The van der Waals surface area contributed by atoms with E-state index in [1.54, 1.807) is 25.3 Å². The highest BCUT2D eigenvalue weighted by molar-refractivity contribution is 5.78. The lowest BCUT2D eigenvalue weighted by Crippen LogP contribution is -2.27. The molecule has 0 aliphatic carbocycles. The Morgan fingerprint density at radius 1 is 1.16 bits per heavy atom. The zero-order chi connectivity index (χ0) is 22.7. The van der Waals surface area contributed by atoms with Gasteiger partial charge in [0.05, 0.1) is 13.7 Å². The molecule has 4 rings (SSSR count). The van der Waals surface area contributed by atoms with Crippen LogP contribution in [0.4, 0.5) is 8.78 Å². The van der Waals surface area contributed by atoms with E-state index in [1.807, 2.05) is 6.92 Å². The normalized spacial score (nSPS) is 15.9. The standard InChI is InChI=1S/C23H23F2N3O4/c1-3-8-31-19-6-4-15(11-20(19)30-2)22-26-23(32-27-22)18-5-7-21(29)28(18)13-14-9-16(24)12-17(25)10-14/h4,6,9-12,18H,3,5,7-8,13H2,1-2H3. The van der Waals surface area contributed by atoms with Crippen molar-refractivity contribution in [1.29, 1.82) is 0 Å². The predicted molar refractivity (Wildman–Crippen MR) is 111 cm³/mol. The largest absolute Gasteiger partial charge is 0.493 e. The fourth-order valence-electron chi connectivity index (χ4n) is 3.71. The molecule has 0 N–H and O–H groups in total. The van der Waals surface area contributed by atoms with E-state index >= 15 is 0 Å². The summed E-state index contributed by atoms with van der Waals surface area (Å²) in [5, 5.41) is 4.05. The van der Waals surface area contributed by atoms with Gasteiger partial charge in [-0.2, -0.15) is 4.98 Å². The summed E-state index contributed by atoms with van der Waals surface area (Å²) in [6.45, 7) is 2.64.